The van der Waals surface area contributed by atoms with E-state index < -0.39 is 29.7 Å². The van der Waals surface area contributed by atoms with Crippen LogP contribution < -0.4 is 0 Å². The van der Waals surface area contributed by atoms with Crippen LogP contribution in [0.5, 0.6) is 11.5 Å². The quantitative estimate of drug-likeness (QED) is 0.265. The van der Waals surface area contributed by atoms with Crippen LogP contribution in [0.15, 0.2) is 35.5 Å². The molecule has 3 aliphatic rings. The number of carbonyl (C=O) groups excluding carboxylic acids is 3. The molecule has 1 aromatic carbocycles. The maximum Gasteiger partial charge on any atom is 0.342 e. The van der Waals surface area contributed by atoms with Crippen molar-refractivity contribution < 1.29 is 38.9 Å². The van der Waals surface area contributed by atoms with E-state index in [-0.39, 0.29) is 53.3 Å². The fourth-order valence-electron chi connectivity index (χ4n) is 5.45. The summed E-state index contributed by atoms with van der Waals surface area (Å²) in [4.78, 5) is 47.6. The second-order valence-electron chi connectivity index (χ2n) is 11.4. The highest BCUT2D eigenvalue weighted by molar-refractivity contribution is 6.33. The van der Waals surface area contributed by atoms with Gasteiger partial charge in [-0.3, -0.25) is 9.59 Å². The molecule has 3 aliphatic heterocycles. The third kappa shape index (κ3) is 9.46. The first kappa shape index (κ1) is 33.3. The van der Waals surface area contributed by atoms with E-state index in [9.17, 15) is 24.6 Å². The SMILES string of the molecule is CC1C/C=C/[C@@H](OCC(=O)N2CCCCC2)C/C=C/C(=N/OCC(=O)N2CCCCC2)Cc2c(Cl)c(O)cc(O)c2C(=O)O1. The van der Waals surface area contributed by atoms with Gasteiger partial charge < -0.3 is 34.3 Å². The number of fused-ring (bicyclic) bond motifs is 1. The molecule has 11 nitrogen and oxygen atoms in total. The number of phenolic OH excluding ortho intramolecular Hbond substituents is 2. The number of phenols is 2. The molecule has 240 valence electrons. The van der Waals surface area contributed by atoms with Crippen molar-refractivity contribution in [2.75, 3.05) is 39.4 Å². The molecule has 2 fully saturated rings. The van der Waals surface area contributed by atoms with Crippen molar-refractivity contribution in [1.82, 2.24) is 9.80 Å². The summed E-state index contributed by atoms with van der Waals surface area (Å²) in [5.41, 5.74) is 0.182. The molecular weight excluding hydrogens is 590 g/mol. The molecule has 4 rings (SSSR count). The second kappa shape index (κ2) is 16.5. The fraction of sp³-hybridized carbons (Fsp3) is 0.562. The van der Waals surface area contributed by atoms with E-state index in [2.05, 4.69) is 5.16 Å². The van der Waals surface area contributed by atoms with Gasteiger partial charge in [-0.15, -0.1) is 0 Å². The standard InChI is InChI=1S/C32H42ClN3O8/c1-22-10-8-12-24(42-20-28(39)35-14-4-2-5-15-35)13-9-11-23(34-43-21-29(40)36-16-6-3-7-17-36)18-25-30(32(41)44-22)26(37)19-27(38)31(25)33/h8-9,11-12,19,22,24,37-38H,2-7,10,13-18,20-21H2,1H3/b11-9+,12-8+,34-23-/t22?,24-/m1/s1. The van der Waals surface area contributed by atoms with Crippen LogP contribution in [-0.4, -0.2) is 95.1 Å². The summed E-state index contributed by atoms with van der Waals surface area (Å²) in [7, 11) is 0. The molecule has 0 bridgehead atoms. The minimum absolute atomic E-state index is 0.0522. The lowest BCUT2D eigenvalue weighted by molar-refractivity contribution is -0.138. The van der Waals surface area contributed by atoms with Crippen LogP contribution in [0, 0.1) is 0 Å². The molecule has 12 heteroatoms. The van der Waals surface area contributed by atoms with Crippen LogP contribution >= 0.6 is 11.6 Å². The molecule has 1 aromatic rings. The Balaban J connectivity index is 1.57. The molecule has 44 heavy (non-hydrogen) atoms. The Labute approximate surface area is 263 Å². The summed E-state index contributed by atoms with van der Waals surface area (Å²) in [5.74, 6) is -1.95. The molecule has 3 heterocycles. The summed E-state index contributed by atoms with van der Waals surface area (Å²) in [5, 5.41) is 25.0. The van der Waals surface area contributed by atoms with Crippen LogP contribution in [0.1, 0.15) is 74.2 Å². The van der Waals surface area contributed by atoms with Gasteiger partial charge in [-0.2, -0.15) is 0 Å². The number of amides is 2. The highest BCUT2D eigenvalue weighted by atomic mass is 35.5. The number of hydrogen-bond acceptors (Lipinski definition) is 9. The molecule has 2 saturated heterocycles. The fourth-order valence-corrected chi connectivity index (χ4v) is 5.67. The zero-order chi connectivity index (χ0) is 31.5. The van der Waals surface area contributed by atoms with E-state index in [1.54, 1.807) is 24.0 Å². The predicted octanol–water partition coefficient (Wildman–Crippen LogP) is 4.53. The first-order valence-corrected chi connectivity index (χ1v) is 15.7. The normalized spacial score (nSPS) is 24.1. The Hall–Kier alpha value is -3.57. The van der Waals surface area contributed by atoms with Crippen LogP contribution in [0.3, 0.4) is 0 Å². The van der Waals surface area contributed by atoms with Gasteiger partial charge >= 0.3 is 5.97 Å². The smallest absolute Gasteiger partial charge is 0.342 e. The molecular formula is C32H42ClN3O8. The second-order valence-corrected chi connectivity index (χ2v) is 11.7. The van der Waals surface area contributed by atoms with Gasteiger partial charge in [0.15, 0.2) is 6.61 Å². The number of halogens is 1. The zero-order valence-electron chi connectivity index (χ0n) is 25.2. The Kier molecular flexibility index (Phi) is 12.5. The molecule has 0 aromatic heterocycles. The minimum atomic E-state index is -0.818. The number of esters is 1. The molecule has 0 saturated carbocycles. The Bertz CT molecular complexity index is 1270. The molecule has 2 amide bonds. The highest BCUT2D eigenvalue weighted by Crippen LogP contribution is 2.37. The Morgan fingerprint density at radius 1 is 0.955 bits per heavy atom. The zero-order valence-corrected chi connectivity index (χ0v) is 26.0. The highest BCUT2D eigenvalue weighted by Gasteiger charge is 2.26. The monoisotopic (exact) mass is 631 g/mol. The van der Waals surface area contributed by atoms with E-state index in [0.29, 0.717) is 25.9 Å². The number of carbonyl (C=O) groups is 3. The van der Waals surface area contributed by atoms with Crippen molar-refractivity contribution in [2.45, 2.75) is 76.9 Å². The average molecular weight is 632 g/mol. The first-order valence-electron chi connectivity index (χ1n) is 15.4. The number of benzene rings is 1. The van der Waals surface area contributed by atoms with Crippen molar-refractivity contribution in [3.63, 3.8) is 0 Å². The lowest BCUT2D eigenvalue weighted by Crippen LogP contribution is -2.38. The van der Waals surface area contributed by atoms with Crippen molar-refractivity contribution in [3.8, 4) is 11.5 Å². The van der Waals surface area contributed by atoms with Crippen LogP contribution in [0.25, 0.3) is 0 Å². The van der Waals surface area contributed by atoms with Crippen LogP contribution in [0.4, 0.5) is 0 Å². The van der Waals surface area contributed by atoms with Gasteiger partial charge in [0.25, 0.3) is 5.91 Å². The number of likely N-dealkylation sites (tertiary alicyclic amines) is 2. The van der Waals surface area contributed by atoms with Crippen molar-refractivity contribution in [1.29, 1.82) is 0 Å². The van der Waals surface area contributed by atoms with Gasteiger partial charge in [-0.1, -0.05) is 35.0 Å². The van der Waals surface area contributed by atoms with Gasteiger partial charge in [0.2, 0.25) is 5.91 Å². The Morgan fingerprint density at radius 2 is 1.59 bits per heavy atom. The number of ether oxygens (including phenoxy) is 2. The van der Waals surface area contributed by atoms with Crippen LogP contribution in [0.2, 0.25) is 5.02 Å². The molecule has 0 spiro atoms. The third-order valence-electron chi connectivity index (χ3n) is 7.90. The predicted molar refractivity (Wildman–Crippen MR) is 165 cm³/mol. The number of oxime groups is 1. The summed E-state index contributed by atoms with van der Waals surface area (Å²) >= 11 is 6.43. The first-order chi connectivity index (χ1) is 21.2. The lowest BCUT2D eigenvalue weighted by Gasteiger charge is -2.27. The average Bonchev–Trinajstić information content (AvgIpc) is 3.02. The molecule has 0 aliphatic carbocycles. The molecule has 2 atom stereocenters. The van der Waals surface area contributed by atoms with Gasteiger partial charge in [-0.25, -0.2) is 4.79 Å². The van der Waals surface area contributed by atoms with Crippen molar-refractivity contribution in [2.24, 2.45) is 5.16 Å². The topological polar surface area (TPSA) is 138 Å². The van der Waals surface area contributed by atoms with Crippen molar-refractivity contribution in [3.05, 3.63) is 46.5 Å². The van der Waals surface area contributed by atoms with E-state index in [4.69, 9.17) is 25.9 Å². The van der Waals surface area contributed by atoms with Crippen molar-refractivity contribution >= 4 is 35.1 Å². The number of hydrogen-bond donors (Lipinski definition) is 2. The number of nitrogens with zero attached hydrogens (tertiary/aromatic N) is 3. The van der Waals surface area contributed by atoms with Gasteiger partial charge in [0.1, 0.15) is 29.8 Å². The minimum Gasteiger partial charge on any atom is -0.507 e. The maximum atomic E-state index is 13.2. The van der Waals surface area contributed by atoms with Gasteiger partial charge in [0, 0.05) is 45.1 Å². The third-order valence-corrected chi connectivity index (χ3v) is 8.32. The Morgan fingerprint density at radius 3 is 2.25 bits per heavy atom. The lowest BCUT2D eigenvalue weighted by atomic mass is 9.99. The number of rotatable bonds is 6. The summed E-state index contributed by atoms with van der Waals surface area (Å²) in [6.07, 6.45) is 12.8. The summed E-state index contributed by atoms with van der Waals surface area (Å²) < 4.78 is 11.6. The van der Waals surface area contributed by atoms with E-state index in [1.807, 2.05) is 17.1 Å². The number of allylic oxidation sites excluding steroid dienone is 1. The summed E-state index contributed by atoms with van der Waals surface area (Å²) in [6.45, 7) is 4.21. The molecule has 1 unspecified atom stereocenters. The number of aromatic hydroxyl groups is 2. The van der Waals surface area contributed by atoms with E-state index >= 15 is 0 Å². The molecule has 0 radical (unpaired) electrons. The number of piperidine rings is 2. The van der Waals surface area contributed by atoms with Gasteiger partial charge in [-0.05, 0) is 63.5 Å². The largest absolute Gasteiger partial charge is 0.507 e. The van der Waals surface area contributed by atoms with Crippen LogP contribution in [-0.2, 0) is 30.3 Å². The summed E-state index contributed by atoms with van der Waals surface area (Å²) in [6, 6.07) is 0.990. The maximum absolute atomic E-state index is 13.2. The van der Waals surface area contributed by atoms with Gasteiger partial charge in [0.05, 0.1) is 16.8 Å². The van der Waals surface area contributed by atoms with E-state index in [1.165, 1.54) is 0 Å². The van der Waals surface area contributed by atoms with E-state index in [0.717, 1.165) is 57.7 Å². The molecule has 2 N–H and O–H groups in total. The number of cyclic esters (lactones) is 1.